The highest BCUT2D eigenvalue weighted by Crippen LogP contribution is 2.40. The molecule has 1 heterocycles. The predicted molar refractivity (Wildman–Crippen MR) is 133 cm³/mol. The lowest BCUT2D eigenvalue weighted by atomic mass is 9.81. The van der Waals surface area contributed by atoms with Gasteiger partial charge in [-0.2, -0.15) is 4.58 Å². The van der Waals surface area contributed by atoms with E-state index in [1.807, 2.05) is 0 Å². The number of rotatable bonds is 3. The van der Waals surface area contributed by atoms with Crippen molar-refractivity contribution in [2.75, 3.05) is 12.4 Å². The minimum atomic E-state index is -0.0216. The quantitative estimate of drug-likeness (QED) is 0.330. The molecule has 0 spiro atoms. The van der Waals surface area contributed by atoms with Crippen LogP contribution in [0.3, 0.4) is 0 Å². The third-order valence-corrected chi connectivity index (χ3v) is 6.95. The van der Waals surface area contributed by atoms with Crippen molar-refractivity contribution in [3.05, 3.63) is 96.7 Å². The Morgan fingerprint density at radius 1 is 0.750 bits per heavy atom. The SMILES string of the molecule is C[N+]1=C(/C=C/Nc2ccc3ccc4cccc5ccc2c3c45)C(C)(C)c2ccccc21.[Cl-]. The monoisotopic (exact) mass is 436 g/mol. The van der Waals surface area contributed by atoms with Crippen molar-refractivity contribution in [3.63, 3.8) is 0 Å². The van der Waals surface area contributed by atoms with Gasteiger partial charge in [0.05, 0.1) is 5.41 Å². The van der Waals surface area contributed by atoms with Crippen molar-refractivity contribution in [1.29, 1.82) is 0 Å². The molecule has 3 heteroatoms. The van der Waals surface area contributed by atoms with E-state index in [2.05, 4.69) is 122 Å². The third kappa shape index (κ3) is 2.83. The molecule has 6 rings (SSSR count). The van der Waals surface area contributed by atoms with Gasteiger partial charge in [-0.25, -0.2) is 0 Å². The van der Waals surface area contributed by atoms with E-state index in [9.17, 15) is 0 Å². The van der Waals surface area contributed by atoms with Crippen LogP contribution >= 0.6 is 0 Å². The average molecular weight is 437 g/mol. The van der Waals surface area contributed by atoms with E-state index in [0.29, 0.717) is 0 Å². The molecule has 2 nitrogen and oxygen atoms in total. The number of fused-ring (bicyclic) bond motifs is 1. The lowest BCUT2D eigenvalue weighted by Gasteiger charge is -2.16. The summed E-state index contributed by atoms with van der Waals surface area (Å²) in [5, 5.41) is 11.4. The number of nitrogens with one attached hydrogen (secondary N) is 1. The van der Waals surface area contributed by atoms with Gasteiger partial charge >= 0.3 is 0 Å². The Kier molecular flexibility index (Phi) is 4.72. The maximum atomic E-state index is 3.58. The van der Waals surface area contributed by atoms with Crippen LogP contribution in [0.15, 0.2) is 91.1 Å². The number of anilines is 1. The van der Waals surface area contributed by atoms with Gasteiger partial charge in [0.25, 0.3) is 0 Å². The number of halogens is 1. The van der Waals surface area contributed by atoms with Crippen LogP contribution in [-0.4, -0.2) is 17.3 Å². The number of para-hydroxylation sites is 1. The van der Waals surface area contributed by atoms with Crippen molar-refractivity contribution in [3.8, 4) is 0 Å². The molecule has 0 bridgehead atoms. The van der Waals surface area contributed by atoms with E-state index in [-0.39, 0.29) is 17.8 Å². The standard InChI is InChI=1S/C29H24N2.ClH/c1-29(2)23-9-4-5-10-25(23)31(3)26(29)17-18-30-24-16-14-21-12-11-19-7-6-8-20-13-15-22(24)28(21)27(19)20;/h4-18H,1-3H3;1H. The summed E-state index contributed by atoms with van der Waals surface area (Å²) in [7, 11) is 2.16. The fourth-order valence-electron chi connectivity index (χ4n) is 5.37. The second kappa shape index (κ2) is 7.36. The maximum absolute atomic E-state index is 3.58. The van der Waals surface area contributed by atoms with Crippen molar-refractivity contribution in [1.82, 2.24) is 0 Å². The minimum absolute atomic E-state index is 0. The molecule has 1 N–H and O–H groups in total. The van der Waals surface area contributed by atoms with Gasteiger partial charge in [-0.1, -0.05) is 66.7 Å². The zero-order valence-electron chi connectivity index (χ0n) is 18.5. The smallest absolute Gasteiger partial charge is 0.209 e. The van der Waals surface area contributed by atoms with E-state index in [1.54, 1.807) is 0 Å². The zero-order valence-corrected chi connectivity index (χ0v) is 19.2. The van der Waals surface area contributed by atoms with Crippen molar-refractivity contribution in [2.45, 2.75) is 19.3 Å². The van der Waals surface area contributed by atoms with Crippen molar-refractivity contribution >= 4 is 49.4 Å². The van der Waals surface area contributed by atoms with Crippen LogP contribution in [0.4, 0.5) is 11.4 Å². The van der Waals surface area contributed by atoms with Gasteiger partial charge < -0.3 is 17.7 Å². The first-order valence-electron chi connectivity index (χ1n) is 10.9. The molecule has 0 atom stereocenters. The summed E-state index contributed by atoms with van der Waals surface area (Å²) in [4.78, 5) is 0. The molecular weight excluding hydrogens is 412 g/mol. The molecule has 1 aliphatic rings. The van der Waals surface area contributed by atoms with E-state index in [1.165, 1.54) is 49.3 Å². The Morgan fingerprint density at radius 2 is 1.41 bits per heavy atom. The highest BCUT2D eigenvalue weighted by molar-refractivity contribution is 6.25. The predicted octanol–water partition coefficient (Wildman–Crippen LogP) is 4.22. The first-order chi connectivity index (χ1) is 15.1. The summed E-state index contributed by atoms with van der Waals surface area (Å²) in [5.41, 5.74) is 5.07. The Bertz CT molecular complexity index is 1530. The molecule has 5 aromatic carbocycles. The van der Waals surface area contributed by atoms with Crippen LogP contribution in [0.2, 0.25) is 0 Å². The summed E-state index contributed by atoms with van der Waals surface area (Å²) in [6.45, 7) is 4.59. The van der Waals surface area contributed by atoms with Gasteiger partial charge in [0.1, 0.15) is 7.05 Å². The third-order valence-electron chi connectivity index (χ3n) is 6.95. The van der Waals surface area contributed by atoms with Gasteiger partial charge in [-0.15, -0.1) is 0 Å². The molecular formula is C29H25ClN2. The molecule has 0 saturated heterocycles. The second-order valence-corrected chi connectivity index (χ2v) is 9.03. The fraction of sp³-hybridized carbons (Fsp3) is 0.138. The average Bonchev–Trinajstić information content (AvgIpc) is 2.99. The van der Waals surface area contributed by atoms with E-state index >= 15 is 0 Å². The lowest BCUT2D eigenvalue weighted by molar-refractivity contribution is -0.401. The van der Waals surface area contributed by atoms with Crippen LogP contribution < -0.4 is 17.7 Å². The molecule has 5 aromatic rings. The van der Waals surface area contributed by atoms with Crippen LogP contribution in [0.25, 0.3) is 32.3 Å². The summed E-state index contributed by atoms with van der Waals surface area (Å²) in [5.74, 6) is 0. The Balaban J connectivity index is 0.00000216. The number of benzene rings is 5. The largest absolute Gasteiger partial charge is 1.00 e. The van der Waals surface area contributed by atoms with Crippen LogP contribution in [-0.2, 0) is 5.41 Å². The molecule has 158 valence electrons. The molecule has 0 aromatic heterocycles. The molecule has 0 unspecified atom stereocenters. The van der Waals surface area contributed by atoms with Gasteiger partial charge in [0.15, 0.2) is 5.71 Å². The number of hydrogen-bond acceptors (Lipinski definition) is 1. The number of allylic oxidation sites excluding steroid dienone is 1. The van der Waals surface area contributed by atoms with Crippen molar-refractivity contribution in [2.24, 2.45) is 0 Å². The normalized spacial score (nSPS) is 15.1. The first-order valence-corrected chi connectivity index (χ1v) is 10.9. The molecule has 0 radical (unpaired) electrons. The number of nitrogens with zero attached hydrogens (tertiary/aromatic N) is 1. The number of hydrogen-bond donors (Lipinski definition) is 1. The summed E-state index contributed by atoms with van der Waals surface area (Å²) >= 11 is 0. The van der Waals surface area contributed by atoms with Gasteiger partial charge in [-0.3, -0.25) is 0 Å². The molecule has 0 fully saturated rings. The van der Waals surface area contributed by atoms with Crippen LogP contribution in [0.1, 0.15) is 19.4 Å². The van der Waals surface area contributed by atoms with E-state index in [4.69, 9.17) is 0 Å². The Hall–Kier alpha value is -3.36. The maximum Gasteiger partial charge on any atom is 0.209 e. The van der Waals surface area contributed by atoms with Crippen molar-refractivity contribution < 1.29 is 17.0 Å². The second-order valence-electron chi connectivity index (χ2n) is 9.03. The molecule has 32 heavy (non-hydrogen) atoms. The van der Waals surface area contributed by atoms with E-state index in [0.717, 1.165) is 5.69 Å². The molecule has 0 aliphatic carbocycles. The summed E-state index contributed by atoms with van der Waals surface area (Å²) in [6.07, 6.45) is 4.31. The minimum Gasteiger partial charge on any atom is -1.00 e. The zero-order chi connectivity index (χ0) is 21.2. The van der Waals surface area contributed by atoms with E-state index < -0.39 is 0 Å². The Labute approximate surface area is 194 Å². The Morgan fingerprint density at radius 3 is 2.16 bits per heavy atom. The highest BCUT2D eigenvalue weighted by Gasteiger charge is 2.42. The molecule has 1 aliphatic heterocycles. The van der Waals surface area contributed by atoms with Gasteiger partial charge in [0, 0.05) is 35.0 Å². The van der Waals surface area contributed by atoms with Crippen LogP contribution in [0.5, 0.6) is 0 Å². The highest BCUT2D eigenvalue weighted by atomic mass is 35.5. The molecule has 0 amide bonds. The fourth-order valence-corrected chi connectivity index (χ4v) is 5.37. The topological polar surface area (TPSA) is 15.0 Å². The first kappa shape index (κ1) is 20.5. The van der Waals surface area contributed by atoms with Gasteiger partial charge in [0.2, 0.25) is 5.69 Å². The van der Waals surface area contributed by atoms with Crippen LogP contribution in [0, 0.1) is 0 Å². The lowest BCUT2D eigenvalue weighted by Crippen LogP contribution is -3.00. The molecule has 0 saturated carbocycles. The summed E-state index contributed by atoms with van der Waals surface area (Å²) in [6, 6.07) is 28.6. The van der Waals surface area contributed by atoms with Gasteiger partial charge in [-0.05, 0) is 46.8 Å². The summed E-state index contributed by atoms with van der Waals surface area (Å²) < 4.78 is 2.30.